The van der Waals surface area contributed by atoms with E-state index >= 15 is 0 Å². The van der Waals surface area contributed by atoms with E-state index in [0.717, 1.165) is 34.8 Å². The Morgan fingerprint density at radius 1 is 1.13 bits per heavy atom. The van der Waals surface area contributed by atoms with Crippen LogP contribution in [0.15, 0.2) is 65.0 Å². The number of hydrogen-bond donors (Lipinski definition) is 3. The summed E-state index contributed by atoms with van der Waals surface area (Å²) in [5.74, 6) is 0.883. The van der Waals surface area contributed by atoms with E-state index in [1.165, 1.54) is 5.56 Å². The lowest BCUT2D eigenvalue weighted by Gasteiger charge is -2.26. The number of benzene rings is 2. The van der Waals surface area contributed by atoms with Crippen LogP contribution in [0.2, 0.25) is 0 Å². The number of nitrogens with one attached hydrogen (secondary N) is 3. The van der Waals surface area contributed by atoms with E-state index in [1.807, 2.05) is 24.3 Å². The minimum absolute atomic E-state index is 0.0546. The average Bonchev–Trinajstić information content (AvgIpc) is 3.26. The van der Waals surface area contributed by atoms with Crippen molar-refractivity contribution in [2.75, 3.05) is 18.9 Å². The lowest BCUT2D eigenvalue weighted by atomic mass is 9.90. The van der Waals surface area contributed by atoms with Gasteiger partial charge in [-0.1, -0.05) is 48.5 Å². The lowest BCUT2D eigenvalue weighted by Crippen LogP contribution is -2.40. The molecule has 0 saturated carbocycles. The second-order valence-electron chi connectivity index (χ2n) is 7.56. The van der Waals surface area contributed by atoms with Crippen molar-refractivity contribution in [3.63, 3.8) is 0 Å². The highest BCUT2D eigenvalue weighted by atomic mass is 32.1. The van der Waals surface area contributed by atoms with Crippen LogP contribution in [0.5, 0.6) is 0 Å². The van der Waals surface area contributed by atoms with Gasteiger partial charge in [-0.3, -0.25) is 9.79 Å². The predicted molar refractivity (Wildman–Crippen MR) is 127 cm³/mol. The van der Waals surface area contributed by atoms with Crippen molar-refractivity contribution in [2.24, 2.45) is 4.99 Å². The highest BCUT2D eigenvalue weighted by molar-refractivity contribution is 7.09. The number of aromatic nitrogens is 1. The van der Waals surface area contributed by atoms with Crippen LogP contribution >= 0.6 is 11.3 Å². The smallest absolute Gasteiger partial charge is 0.225 e. The minimum Gasteiger partial charge on any atom is -0.356 e. The van der Waals surface area contributed by atoms with Gasteiger partial charge in [-0.2, -0.15) is 0 Å². The van der Waals surface area contributed by atoms with Crippen LogP contribution in [0, 0.1) is 0 Å². The van der Waals surface area contributed by atoms with Gasteiger partial charge in [0.05, 0.1) is 17.2 Å². The van der Waals surface area contributed by atoms with Crippen molar-refractivity contribution in [2.45, 2.75) is 31.7 Å². The van der Waals surface area contributed by atoms with E-state index in [0.29, 0.717) is 25.5 Å². The summed E-state index contributed by atoms with van der Waals surface area (Å²) in [6, 6.07) is 18.5. The van der Waals surface area contributed by atoms with Crippen molar-refractivity contribution in [1.82, 2.24) is 15.6 Å². The van der Waals surface area contributed by atoms with Crippen LogP contribution in [-0.4, -0.2) is 30.4 Å². The first-order valence-corrected chi connectivity index (χ1v) is 11.4. The zero-order valence-corrected chi connectivity index (χ0v) is 18.4. The van der Waals surface area contributed by atoms with Gasteiger partial charge in [0.2, 0.25) is 5.91 Å². The molecule has 160 valence electrons. The number of aliphatic imine (C=N–C) groups is 1. The van der Waals surface area contributed by atoms with Crippen LogP contribution in [-0.2, 0) is 24.2 Å². The molecule has 1 unspecified atom stereocenters. The van der Waals surface area contributed by atoms with Crippen molar-refractivity contribution >= 4 is 28.9 Å². The molecule has 2 heterocycles. The van der Waals surface area contributed by atoms with Crippen molar-refractivity contribution in [3.05, 3.63) is 81.8 Å². The molecule has 0 bridgehead atoms. The Labute approximate surface area is 186 Å². The van der Waals surface area contributed by atoms with Crippen LogP contribution in [0.3, 0.4) is 0 Å². The molecular weight excluding hydrogens is 406 g/mol. The van der Waals surface area contributed by atoms with Gasteiger partial charge in [0.25, 0.3) is 0 Å². The molecule has 6 nitrogen and oxygen atoms in total. The van der Waals surface area contributed by atoms with E-state index < -0.39 is 0 Å². The maximum Gasteiger partial charge on any atom is 0.225 e. The summed E-state index contributed by atoms with van der Waals surface area (Å²) in [5, 5.41) is 12.9. The predicted octanol–water partition coefficient (Wildman–Crippen LogP) is 3.72. The third-order valence-electron chi connectivity index (χ3n) is 5.35. The standard InChI is InChI=1S/C24H27N5OS/c1-25-24(26-14-18-13-22(30)29-21-10-6-5-9-20(18)21)27-15-19-16-31-23(28-19)12-11-17-7-3-2-4-8-17/h2-10,16,18H,11-15H2,1H3,(H,29,30)(H2,25,26,27). The summed E-state index contributed by atoms with van der Waals surface area (Å²) in [5.41, 5.74) is 4.41. The first-order chi connectivity index (χ1) is 15.2. The Balaban J connectivity index is 1.27. The fourth-order valence-corrected chi connectivity index (χ4v) is 4.54. The number of amides is 1. The summed E-state index contributed by atoms with van der Waals surface area (Å²) in [6.45, 7) is 1.26. The fourth-order valence-electron chi connectivity index (χ4n) is 3.74. The molecule has 1 aliphatic rings. The lowest BCUT2D eigenvalue weighted by molar-refractivity contribution is -0.116. The normalized spacial score (nSPS) is 15.8. The summed E-state index contributed by atoms with van der Waals surface area (Å²) in [4.78, 5) is 21.1. The molecule has 1 aliphatic heterocycles. The Hall–Kier alpha value is -3.19. The Kier molecular flexibility index (Phi) is 6.94. The zero-order chi connectivity index (χ0) is 21.5. The van der Waals surface area contributed by atoms with Gasteiger partial charge >= 0.3 is 0 Å². The zero-order valence-electron chi connectivity index (χ0n) is 17.6. The van der Waals surface area contributed by atoms with E-state index in [-0.39, 0.29) is 11.8 Å². The monoisotopic (exact) mass is 433 g/mol. The van der Waals surface area contributed by atoms with Crippen LogP contribution in [0.4, 0.5) is 5.69 Å². The van der Waals surface area contributed by atoms with Crippen molar-refractivity contribution in [3.8, 4) is 0 Å². The number of nitrogens with zero attached hydrogens (tertiary/aromatic N) is 2. The summed E-state index contributed by atoms with van der Waals surface area (Å²) in [6.07, 6.45) is 2.42. The van der Waals surface area contributed by atoms with Gasteiger partial charge in [0, 0.05) is 43.4 Å². The highest BCUT2D eigenvalue weighted by Crippen LogP contribution is 2.31. The Morgan fingerprint density at radius 3 is 2.77 bits per heavy atom. The number of fused-ring (bicyclic) bond motifs is 1. The molecule has 0 saturated heterocycles. The van der Waals surface area contributed by atoms with Crippen LogP contribution in [0.25, 0.3) is 0 Å². The molecule has 3 N–H and O–H groups in total. The second kappa shape index (κ2) is 10.2. The number of carbonyl (C=O) groups excluding carboxylic acids is 1. The molecule has 0 fully saturated rings. The number of thiazole rings is 1. The quantitative estimate of drug-likeness (QED) is 0.392. The topological polar surface area (TPSA) is 78.4 Å². The molecule has 31 heavy (non-hydrogen) atoms. The first-order valence-electron chi connectivity index (χ1n) is 10.5. The first kappa shape index (κ1) is 21.1. The maximum absolute atomic E-state index is 12.0. The van der Waals surface area contributed by atoms with Crippen molar-refractivity contribution in [1.29, 1.82) is 0 Å². The number of guanidine groups is 1. The molecule has 1 amide bonds. The van der Waals surface area contributed by atoms with Crippen LogP contribution in [0.1, 0.15) is 34.2 Å². The summed E-state index contributed by atoms with van der Waals surface area (Å²) < 4.78 is 0. The van der Waals surface area contributed by atoms with Gasteiger partial charge in [-0.25, -0.2) is 4.98 Å². The third-order valence-corrected chi connectivity index (χ3v) is 6.31. The number of para-hydroxylation sites is 1. The summed E-state index contributed by atoms with van der Waals surface area (Å²) in [7, 11) is 1.75. The van der Waals surface area contributed by atoms with Gasteiger partial charge in [-0.15, -0.1) is 11.3 Å². The second-order valence-corrected chi connectivity index (χ2v) is 8.50. The molecule has 1 aromatic heterocycles. The third kappa shape index (κ3) is 5.70. The molecule has 2 aromatic carbocycles. The highest BCUT2D eigenvalue weighted by Gasteiger charge is 2.24. The molecular formula is C24H27N5OS. The Morgan fingerprint density at radius 2 is 1.94 bits per heavy atom. The number of carbonyl (C=O) groups is 1. The van der Waals surface area contributed by atoms with Gasteiger partial charge in [0.1, 0.15) is 0 Å². The molecule has 0 spiro atoms. The summed E-state index contributed by atoms with van der Waals surface area (Å²) >= 11 is 1.70. The SMILES string of the molecule is CN=C(NCc1csc(CCc2ccccc2)n1)NCC1CC(=O)Nc2ccccc21. The largest absolute Gasteiger partial charge is 0.356 e. The number of hydrogen-bond acceptors (Lipinski definition) is 4. The van der Waals surface area contributed by atoms with E-state index in [2.05, 4.69) is 56.7 Å². The average molecular weight is 434 g/mol. The van der Waals surface area contributed by atoms with E-state index in [1.54, 1.807) is 18.4 Å². The van der Waals surface area contributed by atoms with Crippen molar-refractivity contribution < 1.29 is 4.79 Å². The Bertz CT molecular complexity index is 1050. The van der Waals surface area contributed by atoms with E-state index in [9.17, 15) is 4.79 Å². The number of aryl methyl sites for hydroxylation is 2. The van der Waals surface area contributed by atoms with Gasteiger partial charge in [0.15, 0.2) is 5.96 Å². The number of anilines is 1. The fraction of sp³-hybridized carbons (Fsp3) is 0.292. The van der Waals surface area contributed by atoms with Crippen LogP contribution < -0.4 is 16.0 Å². The molecule has 0 radical (unpaired) electrons. The minimum atomic E-state index is 0.0546. The molecule has 4 rings (SSSR count). The molecule has 0 aliphatic carbocycles. The molecule has 3 aromatic rings. The number of rotatable bonds is 7. The maximum atomic E-state index is 12.0. The molecule has 7 heteroatoms. The molecule has 1 atom stereocenters. The van der Waals surface area contributed by atoms with Gasteiger partial charge in [-0.05, 0) is 23.6 Å². The van der Waals surface area contributed by atoms with Gasteiger partial charge < -0.3 is 16.0 Å². The van der Waals surface area contributed by atoms with E-state index in [4.69, 9.17) is 4.98 Å².